The van der Waals surface area contributed by atoms with Gasteiger partial charge in [-0.1, -0.05) is 0 Å². The minimum absolute atomic E-state index is 0.567. The van der Waals surface area contributed by atoms with E-state index in [0.717, 1.165) is 17.6 Å². The van der Waals surface area contributed by atoms with Gasteiger partial charge in [-0.05, 0) is 34.8 Å². The maximum absolute atomic E-state index is 4.45. The van der Waals surface area contributed by atoms with Crippen molar-refractivity contribution in [3.8, 4) is 0 Å². The number of piperidine rings is 1. The minimum atomic E-state index is 0.567. The maximum atomic E-state index is 4.45. The number of anilines is 1. The van der Waals surface area contributed by atoms with Crippen molar-refractivity contribution in [3.63, 3.8) is 0 Å². The Bertz CT molecular complexity index is 515. The summed E-state index contributed by atoms with van der Waals surface area (Å²) in [6, 6.07) is 2.14. The molecule has 0 spiro atoms. The van der Waals surface area contributed by atoms with Crippen LogP contribution in [0.1, 0.15) is 23.8 Å². The lowest BCUT2D eigenvalue weighted by molar-refractivity contribution is 0.508. The molecule has 0 amide bonds. The average molecular weight is 324 g/mol. The summed E-state index contributed by atoms with van der Waals surface area (Å²) in [4.78, 5) is 11.1. The van der Waals surface area contributed by atoms with Crippen LogP contribution in [0.2, 0.25) is 0 Å². The first kappa shape index (κ1) is 12.1. The molecule has 0 aliphatic carbocycles. The SMILES string of the molecule is Brc1cncc(N2CCC[C@H](c3nccs3)C2)c1. The topological polar surface area (TPSA) is 29.0 Å². The largest absolute Gasteiger partial charge is 0.370 e. The third kappa shape index (κ3) is 2.57. The molecule has 1 fully saturated rings. The molecule has 3 nitrogen and oxygen atoms in total. The number of nitrogens with zero attached hydrogens (tertiary/aromatic N) is 3. The van der Waals surface area contributed by atoms with Crippen molar-refractivity contribution in [2.75, 3.05) is 18.0 Å². The Morgan fingerprint density at radius 2 is 2.33 bits per heavy atom. The number of thiazole rings is 1. The van der Waals surface area contributed by atoms with Crippen LogP contribution in [0, 0.1) is 0 Å². The summed E-state index contributed by atoms with van der Waals surface area (Å²) in [5.41, 5.74) is 1.20. The number of aromatic nitrogens is 2. The van der Waals surface area contributed by atoms with E-state index >= 15 is 0 Å². The predicted octanol–water partition coefficient (Wildman–Crippen LogP) is 3.68. The monoisotopic (exact) mass is 323 g/mol. The van der Waals surface area contributed by atoms with Crippen LogP contribution >= 0.6 is 27.3 Å². The molecule has 1 aliphatic rings. The van der Waals surface area contributed by atoms with E-state index in [1.54, 1.807) is 11.3 Å². The van der Waals surface area contributed by atoms with Gasteiger partial charge in [-0.2, -0.15) is 0 Å². The number of rotatable bonds is 2. The van der Waals surface area contributed by atoms with Gasteiger partial charge in [-0.3, -0.25) is 4.98 Å². The zero-order valence-corrected chi connectivity index (χ0v) is 12.3. The van der Waals surface area contributed by atoms with Gasteiger partial charge < -0.3 is 4.90 Å². The van der Waals surface area contributed by atoms with Crippen LogP contribution in [0.4, 0.5) is 5.69 Å². The Hall–Kier alpha value is -0.940. The van der Waals surface area contributed by atoms with Gasteiger partial charge in [0.1, 0.15) is 0 Å². The van der Waals surface area contributed by atoms with E-state index in [9.17, 15) is 0 Å². The molecule has 1 atom stereocenters. The van der Waals surface area contributed by atoms with Crippen molar-refractivity contribution in [2.45, 2.75) is 18.8 Å². The second-order valence-electron chi connectivity index (χ2n) is 4.52. The van der Waals surface area contributed by atoms with Crippen LogP contribution in [0.3, 0.4) is 0 Å². The normalized spacial score (nSPS) is 20.1. The molecule has 3 heterocycles. The first-order valence-electron chi connectivity index (χ1n) is 6.08. The number of hydrogen-bond donors (Lipinski definition) is 0. The van der Waals surface area contributed by atoms with Crippen molar-refractivity contribution < 1.29 is 0 Å². The van der Waals surface area contributed by atoms with Gasteiger partial charge in [0.05, 0.1) is 16.9 Å². The van der Waals surface area contributed by atoms with Gasteiger partial charge in [-0.15, -0.1) is 11.3 Å². The van der Waals surface area contributed by atoms with Crippen LogP contribution < -0.4 is 4.90 Å². The van der Waals surface area contributed by atoms with E-state index in [2.05, 4.69) is 42.2 Å². The summed E-state index contributed by atoms with van der Waals surface area (Å²) in [5.74, 6) is 0.567. The Kier molecular flexibility index (Phi) is 3.61. The Morgan fingerprint density at radius 1 is 1.39 bits per heavy atom. The van der Waals surface area contributed by atoms with Gasteiger partial charge in [0, 0.05) is 41.3 Å². The zero-order valence-electron chi connectivity index (χ0n) is 9.92. The lowest BCUT2D eigenvalue weighted by Gasteiger charge is -2.33. The van der Waals surface area contributed by atoms with E-state index in [1.807, 2.05) is 18.6 Å². The minimum Gasteiger partial charge on any atom is -0.370 e. The highest BCUT2D eigenvalue weighted by Gasteiger charge is 2.23. The van der Waals surface area contributed by atoms with Crippen molar-refractivity contribution in [1.29, 1.82) is 0 Å². The first-order valence-corrected chi connectivity index (χ1v) is 7.75. The fourth-order valence-corrected chi connectivity index (χ4v) is 3.54. The molecule has 0 saturated carbocycles. The number of pyridine rings is 1. The molecule has 0 bridgehead atoms. The van der Waals surface area contributed by atoms with Crippen molar-refractivity contribution in [1.82, 2.24) is 9.97 Å². The van der Waals surface area contributed by atoms with E-state index in [0.29, 0.717) is 5.92 Å². The summed E-state index contributed by atoms with van der Waals surface area (Å²) in [5, 5.41) is 3.33. The standard InChI is InChI=1S/C13H14BrN3S/c14-11-6-12(8-15-7-11)17-4-1-2-10(9-17)13-16-3-5-18-13/h3,5-8,10H,1-2,4,9H2/t10-/m0/s1. The fraction of sp³-hybridized carbons (Fsp3) is 0.385. The third-order valence-electron chi connectivity index (χ3n) is 3.28. The predicted molar refractivity (Wildman–Crippen MR) is 78.2 cm³/mol. The van der Waals surface area contributed by atoms with Crippen LogP contribution in [0.5, 0.6) is 0 Å². The fourth-order valence-electron chi connectivity index (χ4n) is 2.42. The molecule has 0 aromatic carbocycles. The Labute approximate surface area is 119 Å². The summed E-state index contributed by atoms with van der Waals surface area (Å²) < 4.78 is 1.04. The molecule has 0 unspecified atom stereocenters. The molecule has 5 heteroatoms. The van der Waals surface area contributed by atoms with Gasteiger partial charge in [0.2, 0.25) is 0 Å². The van der Waals surface area contributed by atoms with Gasteiger partial charge >= 0.3 is 0 Å². The Morgan fingerprint density at radius 3 is 3.11 bits per heavy atom. The highest BCUT2D eigenvalue weighted by Crippen LogP contribution is 2.31. The third-order valence-corrected chi connectivity index (χ3v) is 4.65. The molecular weight excluding hydrogens is 310 g/mol. The van der Waals surface area contributed by atoms with Gasteiger partial charge in [-0.25, -0.2) is 4.98 Å². The van der Waals surface area contributed by atoms with E-state index in [-0.39, 0.29) is 0 Å². The number of hydrogen-bond acceptors (Lipinski definition) is 4. The second kappa shape index (κ2) is 5.36. The van der Waals surface area contributed by atoms with Crippen LogP contribution in [0.15, 0.2) is 34.5 Å². The molecule has 18 heavy (non-hydrogen) atoms. The van der Waals surface area contributed by atoms with Crippen molar-refractivity contribution >= 4 is 33.0 Å². The van der Waals surface area contributed by atoms with Crippen LogP contribution in [-0.4, -0.2) is 23.1 Å². The molecule has 1 aliphatic heterocycles. The summed E-state index contributed by atoms with van der Waals surface area (Å²) in [7, 11) is 0. The first-order chi connectivity index (χ1) is 8.83. The van der Waals surface area contributed by atoms with E-state index in [1.165, 1.54) is 23.5 Å². The quantitative estimate of drug-likeness (QED) is 0.844. The molecule has 3 rings (SSSR count). The molecule has 0 radical (unpaired) electrons. The van der Waals surface area contributed by atoms with E-state index < -0.39 is 0 Å². The maximum Gasteiger partial charge on any atom is 0.0973 e. The van der Waals surface area contributed by atoms with Crippen molar-refractivity contribution in [2.24, 2.45) is 0 Å². The van der Waals surface area contributed by atoms with Gasteiger partial charge in [0.15, 0.2) is 0 Å². The highest BCUT2D eigenvalue weighted by atomic mass is 79.9. The lowest BCUT2D eigenvalue weighted by Crippen LogP contribution is -2.34. The van der Waals surface area contributed by atoms with Gasteiger partial charge in [0.25, 0.3) is 0 Å². The molecule has 2 aromatic heterocycles. The molecule has 2 aromatic rings. The second-order valence-corrected chi connectivity index (χ2v) is 6.36. The molecular formula is C13H14BrN3S. The van der Waals surface area contributed by atoms with Crippen LogP contribution in [0.25, 0.3) is 0 Å². The summed E-state index contributed by atoms with van der Waals surface area (Å²) in [6.07, 6.45) is 8.13. The van der Waals surface area contributed by atoms with E-state index in [4.69, 9.17) is 0 Å². The average Bonchev–Trinajstić information content (AvgIpc) is 2.93. The Balaban J connectivity index is 1.78. The molecule has 94 valence electrons. The molecule has 0 N–H and O–H groups in total. The summed E-state index contributed by atoms with van der Waals surface area (Å²) >= 11 is 5.25. The lowest BCUT2D eigenvalue weighted by atomic mass is 9.98. The highest BCUT2D eigenvalue weighted by molar-refractivity contribution is 9.10. The smallest absolute Gasteiger partial charge is 0.0973 e. The summed E-state index contributed by atoms with van der Waals surface area (Å²) in [6.45, 7) is 2.16. The zero-order chi connectivity index (χ0) is 12.4. The van der Waals surface area contributed by atoms with Crippen molar-refractivity contribution in [3.05, 3.63) is 39.5 Å². The molecule has 1 saturated heterocycles. The number of halogens is 1. The van der Waals surface area contributed by atoms with Crippen LogP contribution in [-0.2, 0) is 0 Å².